The molecule has 1 saturated carbocycles. The SMILES string of the molecule is O=C(O)CC(C(=O)[OH2+])C1CCCCC1. The van der Waals surface area contributed by atoms with Crippen LogP contribution in [-0.4, -0.2) is 22.2 Å². The lowest BCUT2D eigenvalue weighted by Crippen LogP contribution is -2.27. The maximum absolute atomic E-state index is 11.0. The number of carboxylic acid groups (broad SMARTS) is 1. The van der Waals surface area contributed by atoms with Crippen LogP contribution in [-0.2, 0) is 9.59 Å². The van der Waals surface area contributed by atoms with E-state index >= 15 is 0 Å². The van der Waals surface area contributed by atoms with Gasteiger partial charge in [-0.1, -0.05) is 19.3 Å². The van der Waals surface area contributed by atoms with Crippen molar-refractivity contribution in [1.29, 1.82) is 0 Å². The molecule has 1 unspecified atom stereocenters. The fourth-order valence-corrected chi connectivity index (χ4v) is 2.20. The molecule has 0 aromatic carbocycles. The molecule has 0 spiro atoms. The van der Waals surface area contributed by atoms with E-state index in [4.69, 9.17) is 10.2 Å². The van der Waals surface area contributed by atoms with Crippen molar-refractivity contribution >= 4 is 11.9 Å². The Morgan fingerprint density at radius 3 is 2.29 bits per heavy atom. The minimum Gasteiger partial charge on any atom is -0.565 e. The Kier molecular flexibility index (Phi) is 3.92. The third-order valence-corrected chi connectivity index (χ3v) is 2.95. The molecule has 0 amide bonds. The van der Waals surface area contributed by atoms with Gasteiger partial charge in [-0.3, -0.25) is 4.79 Å². The van der Waals surface area contributed by atoms with Gasteiger partial charge in [0.25, 0.3) is 0 Å². The third-order valence-electron chi connectivity index (χ3n) is 2.95. The molecule has 14 heavy (non-hydrogen) atoms. The highest BCUT2D eigenvalue weighted by Crippen LogP contribution is 2.31. The molecule has 4 heteroatoms. The fourth-order valence-electron chi connectivity index (χ4n) is 2.20. The van der Waals surface area contributed by atoms with Gasteiger partial charge in [0.05, 0.1) is 6.42 Å². The van der Waals surface area contributed by atoms with Crippen molar-refractivity contribution < 1.29 is 19.8 Å². The number of hydrogen-bond donors (Lipinski definition) is 1. The molecule has 0 heterocycles. The van der Waals surface area contributed by atoms with Gasteiger partial charge in [0.1, 0.15) is 5.92 Å². The van der Waals surface area contributed by atoms with Crippen LogP contribution < -0.4 is 0 Å². The van der Waals surface area contributed by atoms with Crippen LogP contribution in [0.1, 0.15) is 38.5 Å². The first-order valence-corrected chi connectivity index (χ1v) is 5.08. The molecule has 1 atom stereocenters. The minimum absolute atomic E-state index is 0.129. The predicted molar refractivity (Wildman–Crippen MR) is 50.9 cm³/mol. The topological polar surface area (TPSA) is 77.3 Å². The highest BCUT2D eigenvalue weighted by Gasteiger charge is 2.35. The van der Waals surface area contributed by atoms with Crippen molar-refractivity contribution in [1.82, 2.24) is 0 Å². The summed E-state index contributed by atoms with van der Waals surface area (Å²) in [4.78, 5) is 21.5. The Balaban J connectivity index is 2.56. The quantitative estimate of drug-likeness (QED) is 0.687. The molecule has 0 aromatic heterocycles. The molecule has 0 aromatic rings. The molecule has 1 rings (SSSR count). The first-order chi connectivity index (χ1) is 6.61. The van der Waals surface area contributed by atoms with Crippen molar-refractivity contribution in [3.8, 4) is 0 Å². The summed E-state index contributed by atoms with van der Waals surface area (Å²) in [6.07, 6.45) is 4.93. The average molecular weight is 201 g/mol. The molecule has 1 fully saturated rings. The molecule has 80 valence electrons. The van der Waals surface area contributed by atoms with E-state index in [0.29, 0.717) is 0 Å². The number of hydrogen-bond acceptors (Lipinski definition) is 2. The Labute approximate surface area is 82.9 Å². The van der Waals surface area contributed by atoms with Crippen LogP contribution in [0.3, 0.4) is 0 Å². The van der Waals surface area contributed by atoms with Gasteiger partial charge in [-0.25, -0.2) is 0 Å². The Hall–Kier alpha value is -1.06. The van der Waals surface area contributed by atoms with E-state index in [9.17, 15) is 9.59 Å². The van der Waals surface area contributed by atoms with Crippen LogP contribution >= 0.6 is 0 Å². The molecule has 3 N–H and O–H groups in total. The van der Waals surface area contributed by atoms with E-state index in [1.54, 1.807) is 0 Å². The Bertz CT molecular complexity index is 218. The minimum atomic E-state index is -0.971. The van der Waals surface area contributed by atoms with E-state index in [2.05, 4.69) is 0 Å². The summed E-state index contributed by atoms with van der Waals surface area (Å²) in [6, 6.07) is 0. The lowest BCUT2D eigenvalue weighted by Gasteiger charge is -2.24. The van der Waals surface area contributed by atoms with Gasteiger partial charge in [-0.05, 0) is 18.8 Å². The molecule has 0 saturated heterocycles. The molecule has 0 bridgehead atoms. The first-order valence-electron chi connectivity index (χ1n) is 5.08. The zero-order valence-corrected chi connectivity index (χ0v) is 8.16. The normalized spacial score (nSPS) is 20.3. The fraction of sp³-hybridized carbons (Fsp3) is 0.800. The molecule has 0 aliphatic heterocycles. The van der Waals surface area contributed by atoms with Crippen LogP contribution in [0.25, 0.3) is 0 Å². The Morgan fingerprint density at radius 1 is 1.29 bits per heavy atom. The second-order valence-electron chi connectivity index (χ2n) is 3.97. The average Bonchev–Trinajstić information content (AvgIpc) is 2.15. The summed E-state index contributed by atoms with van der Waals surface area (Å²) in [5.41, 5.74) is 0. The van der Waals surface area contributed by atoms with Crippen molar-refractivity contribution in [3.63, 3.8) is 0 Å². The smallest absolute Gasteiger partial charge is 0.519 e. The monoisotopic (exact) mass is 201 g/mol. The van der Waals surface area contributed by atoms with Crippen LogP contribution in [0.2, 0.25) is 0 Å². The van der Waals surface area contributed by atoms with Crippen LogP contribution in [0.15, 0.2) is 0 Å². The zero-order valence-electron chi connectivity index (χ0n) is 8.16. The van der Waals surface area contributed by atoms with Crippen molar-refractivity contribution in [2.24, 2.45) is 11.8 Å². The zero-order chi connectivity index (χ0) is 10.6. The number of aliphatic carboxylic acids is 1. The summed E-state index contributed by atoms with van der Waals surface area (Å²) in [6.45, 7) is 0. The van der Waals surface area contributed by atoms with Gasteiger partial charge in [-0.15, -0.1) is 0 Å². The number of carbonyl (C=O) groups excluding carboxylic acids is 1. The third kappa shape index (κ3) is 3.01. The lowest BCUT2D eigenvalue weighted by molar-refractivity contribution is -0.150. The lowest BCUT2D eigenvalue weighted by atomic mass is 9.78. The largest absolute Gasteiger partial charge is 0.565 e. The van der Waals surface area contributed by atoms with Gasteiger partial charge < -0.3 is 10.2 Å². The maximum atomic E-state index is 11.0. The van der Waals surface area contributed by atoms with Crippen molar-refractivity contribution in [3.05, 3.63) is 0 Å². The summed E-state index contributed by atoms with van der Waals surface area (Å²) < 4.78 is 0. The van der Waals surface area contributed by atoms with Gasteiger partial charge in [0.15, 0.2) is 0 Å². The molecular formula is C10H17O4+. The van der Waals surface area contributed by atoms with Crippen LogP contribution in [0.4, 0.5) is 0 Å². The van der Waals surface area contributed by atoms with Crippen LogP contribution in [0, 0.1) is 11.8 Å². The predicted octanol–water partition coefficient (Wildman–Crippen LogP) is 0.909. The highest BCUT2D eigenvalue weighted by atomic mass is 16.4. The van der Waals surface area contributed by atoms with Crippen molar-refractivity contribution in [2.45, 2.75) is 38.5 Å². The first kappa shape index (κ1) is 11.0. The van der Waals surface area contributed by atoms with E-state index in [0.717, 1.165) is 25.7 Å². The molecule has 1 aliphatic carbocycles. The summed E-state index contributed by atoms with van der Waals surface area (Å²) >= 11 is 0. The summed E-state index contributed by atoms with van der Waals surface area (Å²) in [7, 11) is 0. The van der Waals surface area contributed by atoms with E-state index < -0.39 is 17.9 Å². The van der Waals surface area contributed by atoms with E-state index in [-0.39, 0.29) is 12.3 Å². The summed E-state index contributed by atoms with van der Waals surface area (Å²) in [5.74, 6) is -2.13. The summed E-state index contributed by atoms with van der Waals surface area (Å²) in [5, 5.41) is 15.7. The molecular weight excluding hydrogens is 184 g/mol. The van der Waals surface area contributed by atoms with Gasteiger partial charge in [-0.2, -0.15) is 0 Å². The van der Waals surface area contributed by atoms with Gasteiger partial charge >= 0.3 is 11.9 Å². The second kappa shape index (κ2) is 4.98. The maximum Gasteiger partial charge on any atom is 0.519 e. The standard InChI is InChI=1S/C10H16O4/c11-9(12)6-8(10(13)14)7-4-2-1-3-5-7/h7-8H,1-6H2,(H,11,12)(H,13,14)/p+1. The number of carbonyl (C=O) groups is 2. The number of rotatable bonds is 4. The van der Waals surface area contributed by atoms with E-state index in [1.807, 2.05) is 0 Å². The molecule has 1 aliphatic rings. The molecule has 0 radical (unpaired) electrons. The van der Waals surface area contributed by atoms with E-state index in [1.165, 1.54) is 6.42 Å². The molecule has 4 nitrogen and oxygen atoms in total. The number of carboxylic acids is 1. The van der Waals surface area contributed by atoms with Gasteiger partial charge in [0, 0.05) is 4.79 Å². The van der Waals surface area contributed by atoms with Crippen LogP contribution in [0.5, 0.6) is 0 Å². The van der Waals surface area contributed by atoms with Gasteiger partial charge in [0.2, 0.25) is 0 Å². The Morgan fingerprint density at radius 2 is 1.86 bits per heavy atom. The second-order valence-corrected chi connectivity index (χ2v) is 3.97. The van der Waals surface area contributed by atoms with Crippen molar-refractivity contribution in [2.75, 3.05) is 0 Å². The highest BCUT2D eigenvalue weighted by molar-refractivity contribution is 5.77.